The van der Waals surface area contributed by atoms with E-state index >= 15 is 0 Å². The number of pyridine rings is 1. The number of halogens is 2. The van der Waals surface area contributed by atoms with Crippen LogP contribution in [0.4, 0.5) is 4.39 Å². The first-order chi connectivity index (χ1) is 12.6. The molecule has 3 aromatic rings. The number of carbonyl (C=O) groups is 1. The lowest BCUT2D eigenvalue weighted by molar-refractivity contribution is 0.0767. The number of benzene rings is 2. The van der Waals surface area contributed by atoms with E-state index in [1.165, 1.54) is 18.2 Å². The normalized spacial score (nSPS) is 16.8. The highest BCUT2D eigenvalue weighted by atomic mass is 35.5. The second kappa shape index (κ2) is 6.92. The summed E-state index contributed by atoms with van der Waals surface area (Å²) in [6.07, 6.45) is 0.477. The first-order valence-corrected chi connectivity index (χ1v) is 8.75. The lowest BCUT2D eigenvalue weighted by Gasteiger charge is -2.18. The number of nitrogens with zero attached hydrogens (tertiary/aromatic N) is 2. The molecule has 1 fully saturated rings. The van der Waals surface area contributed by atoms with Crippen molar-refractivity contribution in [3.63, 3.8) is 0 Å². The van der Waals surface area contributed by atoms with E-state index in [-0.39, 0.29) is 16.7 Å². The molecule has 132 valence electrons. The third-order valence-corrected chi connectivity index (χ3v) is 4.78. The molecule has 0 aliphatic carbocycles. The van der Waals surface area contributed by atoms with Gasteiger partial charge in [0.1, 0.15) is 11.9 Å². The molecule has 6 heteroatoms. The van der Waals surface area contributed by atoms with Crippen molar-refractivity contribution in [2.24, 2.45) is 0 Å². The number of hydrogen-bond donors (Lipinski definition) is 0. The summed E-state index contributed by atoms with van der Waals surface area (Å²) in [6.45, 7) is 0.861. The van der Waals surface area contributed by atoms with Gasteiger partial charge in [-0.2, -0.15) is 0 Å². The summed E-state index contributed by atoms with van der Waals surface area (Å²) < 4.78 is 19.9. The van der Waals surface area contributed by atoms with Crippen molar-refractivity contribution >= 4 is 28.4 Å². The maximum absolute atomic E-state index is 14.0. The minimum Gasteiger partial charge on any atom is -0.472 e. The molecule has 4 rings (SSSR count). The first kappa shape index (κ1) is 16.8. The van der Waals surface area contributed by atoms with E-state index < -0.39 is 11.7 Å². The number of para-hydroxylation sites is 1. The second-order valence-corrected chi connectivity index (χ2v) is 6.63. The summed E-state index contributed by atoms with van der Waals surface area (Å²) in [5.41, 5.74) is 0.771. The van der Waals surface area contributed by atoms with E-state index in [2.05, 4.69) is 4.98 Å². The van der Waals surface area contributed by atoms with Crippen molar-refractivity contribution in [3.05, 3.63) is 71.0 Å². The molecule has 0 radical (unpaired) electrons. The SMILES string of the molecule is O=C(c1c(F)cccc1Cl)N1CCC(Oc2ccc3ccccc3n2)C1. The summed E-state index contributed by atoms with van der Waals surface area (Å²) in [6, 6.07) is 15.8. The highest BCUT2D eigenvalue weighted by molar-refractivity contribution is 6.33. The molecule has 26 heavy (non-hydrogen) atoms. The van der Waals surface area contributed by atoms with Gasteiger partial charge in [0, 0.05) is 24.4 Å². The average Bonchev–Trinajstić information content (AvgIpc) is 3.10. The fraction of sp³-hybridized carbons (Fsp3) is 0.200. The Morgan fingerprint density at radius 2 is 2.00 bits per heavy atom. The Labute approximate surface area is 155 Å². The van der Waals surface area contributed by atoms with Crippen LogP contribution in [0.3, 0.4) is 0 Å². The van der Waals surface area contributed by atoms with Crippen LogP contribution in [0.25, 0.3) is 10.9 Å². The Balaban J connectivity index is 1.47. The largest absolute Gasteiger partial charge is 0.472 e. The minimum atomic E-state index is -0.608. The number of rotatable bonds is 3. The summed E-state index contributed by atoms with van der Waals surface area (Å²) in [7, 11) is 0. The van der Waals surface area contributed by atoms with Crippen molar-refractivity contribution < 1.29 is 13.9 Å². The smallest absolute Gasteiger partial charge is 0.258 e. The molecular formula is C20H16ClFN2O2. The Hall–Kier alpha value is -2.66. The zero-order valence-electron chi connectivity index (χ0n) is 13.9. The van der Waals surface area contributed by atoms with Crippen LogP contribution < -0.4 is 4.74 Å². The molecule has 4 nitrogen and oxygen atoms in total. The molecule has 0 bridgehead atoms. The quantitative estimate of drug-likeness (QED) is 0.689. The lowest BCUT2D eigenvalue weighted by atomic mass is 10.2. The van der Waals surface area contributed by atoms with Gasteiger partial charge in [-0.25, -0.2) is 9.37 Å². The summed E-state index contributed by atoms with van der Waals surface area (Å²) in [5.74, 6) is -0.499. The fourth-order valence-corrected chi connectivity index (χ4v) is 3.40. The molecule has 1 atom stereocenters. The zero-order chi connectivity index (χ0) is 18.1. The highest BCUT2D eigenvalue weighted by Gasteiger charge is 2.30. The molecule has 1 saturated heterocycles. The number of ether oxygens (including phenoxy) is 1. The van der Waals surface area contributed by atoms with Crippen LogP contribution in [0.2, 0.25) is 5.02 Å². The molecule has 2 aromatic carbocycles. The molecule has 0 saturated carbocycles. The number of likely N-dealkylation sites (tertiary alicyclic amines) is 1. The molecule has 1 aliphatic rings. The average molecular weight is 371 g/mol. The van der Waals surface area contributed by atoms with Gasteiger partial charge in [-0.05, 0) is 24.3 Å². The van der Waals surface area contributed by atoms with Crippen molar-refractivity contribution in [2.45, 2.75) is 12.5 Å². The number of fused-ring (bicyclic) bond motifs is 1. The van der Waals surface area contributed by atoms with Crippen LogP contribution in [0.15, 0.2) is 54.6 Å². The Bertz CT molecular complexity index is 959. The van der Waals surface area contributed by atoms with E-state index in [9.17, 15) is 9.18 Å². The zero-order valence-corrected chi connectivity index (χ0v) is 14.6. The van der Waals surface area contributed by atoms with Gasteiger partial charge in [0.15, 0.2) is 0 Å². The molecule has 0 N–H and O–H groups in total. The molecule has 1 unspecified atom stereocenters. The van der Waals surface area contributed by atoms with E-state index in [4.69, 9.17) is 16.3 Å². The fourth-order valence-electron chi connectivity index (χ4n) is 3.15. The van der Waals surface area contributed by atoms with Gasteiger partial charge in [-0.1, -0.05) is 35.9 Å². The Morgan fingerprint density at radius 1 is 1.15 bits per heavy atom. The summed E-state index contributed by atoms with van der Waals surface area (Å²) in [4.78, 5) is 18.6. The topological polar surface area (TPSA) is 42.4 Å². The van der Waals surface area contributed by atoms with Crippen LogP contribution >= 0.6 is 11.6 Å². The Kier molecular flexibility index (Phi) is 4.47. The van der Waals surface area contributed by atoms with Gasteiger partial charge in [0.05, 0.1) is 22.6 Å². The number of aromatic nitrogens is 1. The predicted molar refractivity (Wildman–Crippen MR) is 98.1 cm³/mol. The van der Waals surface area contributed by atoms with E-state index in [0.717, 1.165) is 10.9 Å². The van der Waals surface area contributed by atoms with Gasteiger partial charge < -0.3 is 9.64 Å². The molecule has 1 aliphatic heterocycles. The Morgan fingerprint density at radius 3 is 2.85 bits per heavy atom. The molecule has 0 spiro atoms. The predicted octanol–water partition coefficient (Wildman–Crippen LogP) is 4.32. The van der Waals surface area contributed by atoms with Gasteiger partial charge in [0.25, 0.3) is 5.91 Å². The van der Waals surface area contributed by atoms with Crippen LogP contribution in [-0.2, 0) is 0 Å². The van der Waals surface area contributed by atoms with Gasteiger partial charge >= 0.3 is 0 Å². The van der Waals surface area contributed by atoms with Crippen molar-refractivity contribution in [1.82, 2.24) is 9.88 Å². The molecule has 2 heterocycles. The van der Waals surface area contributed by atoms with E-state index in [0.29, 0.717) is 25.4 Å². The summed E-state index contributed by atoms with van der Waals surface area (Å²) >= 11 is 6.00. The molecule has 1 aromatic heterocycles. The van der Waals surface area contributed by atoms with Crippen LogP contribution in [0, 0.1) is 5.82 Å². The van der Waals surface area contributed by atoms with Crippen molar-refractivity contribution in [1.29, 1.82) is 0 Å². The van der Waals surface area contributed by atoms with Crippen molar-refractivity contribution in [2.75, 3.05) is 13.1 Å². The summed E-state index contributed by atoms with van der Waals surface area (Å²) in [5, 5.41) is 1.16. The molecular weight excluding hydrogens is 355 g/mol. The first-order valence-electron chi connectivity index (χ1n) is 8.37. The monoisotopic (exact) mass is 370 g/mol. The van der Waals surface area contributed by atoms with Crippen LogP contribution in [0.5, 0.6) is 5.88 Å². The minimum absolute atomic E-state index is 0.0846. The van der Waals surface area contributed by atoms with Crippen LogP contribution in [-0.4, -0.2) is 35.0 Å². The maximum Gasteiger partial charge on any atom is 0.258 e. The van der Waals surface area contributed by atoms with Gasteiger partial charge in [-0.3, -0.25) is 4.79 Å². The highest BCUT2D eigenvalue weighted by Crippen LogP contribution is 2.25. The number of carbonyl (C=O) groups excluding carboxylic acids is 1. The van der Waals surface area contributed by atoms with Gasteiger partial charge in [-0.15, -0.1) is 0 Å². The van der Waals surface area contributed by atoms with Gasteiger partial charge in [0.2, 0.25) is 5.88 Å². The van der Waals surface area contributed by atoms with E-state index in [1.54, 1.807) is 4.90 Å². The third kappa shape index (κ3) is 3.22. The number of hydrogen-bond acceptors (Lipinski definition) is 3. The lowest BCUT2D eigenvalue weighted by Crippen LogP contribution is -2.31. The van der Waals surface area contributed by atoms with E-state index in [1.807, 2.05) is 36.4 Å². The van der Waals surface area contributed by atoms with Crippen molar-refractivity contribution in [3.8, 4) is 5.88 Å². The number of amides is 1. The standard InChI is InChI=1S/C20H16ClFN2O2/c21-15-5-3-6-16(22)19(15)20(25)24-11-10-14(12-24)26-18-9-8-13-4-1-2-7-17(13)23-18/h1-9,14H,10-12H2. The second-order valence-electron chi connectivity index (χ2n) is 6.22. The molecule has 1 amide bonds. The van der Waals surface area contributed by atoms with Crippen LogP contribution in [0.1, 0.15) is 16.8 Å². The maximum atomic E-state index is 14.0. The third-order valence-electron chi connectivity index (χ3n) is 4.47.